The topological polar surface area (TPSA) is 55.5 Å². The molecule has 0 aliphatic rings. The minimum atomic E-state index is -0.413. The maximum absolute atomic E-state index is 10.9. The maximum atomic E-state index is 10.9. The number of nitro groups is 1. The van der Waals surface area contributed by atoms with Gasteiger partial charge in [-0.25, -0.2) is 4.99 Å². The third-order valence-corrected chi connectivity index (χ3v) is 4.69. The van der Waals surface area contributed by atoms with Crippen molar-refractivity contribution in [1.82, 2.24) is 0 Å². The lowest BCUT2D eigenvalue weighted by atomic mass is 10.1. The van der Waals surface area contributed by atoms with Crippen molar-refractivity contribution in [3.63, 3.8) is 0 Å². The molecular weight excluding hydrogens is 380 g/mol. The summed E-state index contributed by atoms with van der Waals surface area (Å²) in [5.41, 5.74) is 2.39. The van der Waals surface area contributed by atoms with E-state index in [0.717, 1.165) is 21.9 Å². The summed E-state index contributed by atoms with van der Waals surface area (Å²) in [6.07, 6.45) is 1.90. The van der Waals surface area contributed by atoms with Gasteiger partial charge in [-0.1, -0.05) is 41.6 Å². The van der Waals surface area contributed by atoms with Gasteiger partial charge in [-0.05, 0) is 60.0 Å². The molecule has 6 heteroatoms. The predicted octanol–water partition coefficient (Wildman–Crippen LogP) is 6.68. The van der Waals surface area contributed by atoms with Crippen LogP contribution in [-0.4, -0.2) is 10.6 Å². The maximum Gasteiger partial charge on any atom is 0.269 e. The Bertz CT molecular complexity index is 969. The smallest absolute Gasteiger partial charge is 0.258 e. The minimum Gasteiger partial charge on any atom is -0.258 e. The first-order chi connectivity index (χ1) is 13.1. The molecule has 0 atom stereocenters. The molecule has 4 nitrogen and oxygen atoms in total. The number of non-ortho nitro benzene ring substituents is 1. The first kappa shape index (κ1) is 18.9. The number of thioether (sulfide) groups is 1. The summed E-state index contributed by atoms with van der Waals surface area (Å²) in [6.45, 7) is 0. The molecule has 0 heterocycles. The lowest BCUT2D eigenvalue weighted by Gasteiger charge is -2.03. The number of nitro benzene ring substituents is 1. The molecule has 27 heavy (non-hydrogen) atoms. The van der Waals surface area contributed by atoms with Gasteiger partial charge in [0, 0.05) is 27.6 Å². The SMILES string of the molecule is O=[N+]([O-])c1ccc(C(C=CSc2ccc(Cl)cc2)=Nc2ccccc2)cc1. The molecule has 0 unspecified atom stereocenters. The van der Waals surface area contributed by atoms with Gasteiger partial charge in [0.05, 0.1) is 16.3 Å². The van der Waals surface area contributed by atoms with Crippen molar-refractivity contribution in [2.45, 2.75) is 4.90 Å². The lowest BCUT2D eigenvalue weighted by molar-refractivity contribution is -0.384. The van der Waals surface area contributed by atoms with E-state index in [1.807, 2.05) is 66.1 Å². The van der Waals surface area contributed by atoms with Gasteiger partial charge in [-0.3, -0.25) is 10.1 Å². The van der Waals surface area contributed by atoms with Gasteiger partial charge in [-0.15, -0.1) is 0 Å². The molecule has 0 aliphatic heterocycles. The molecule has 0 N–H and O–H groups in total. The summed E-state index contributed by atoms with van der Waals surface area (Å²) < 4.78 is 0. The van der Waals surface area contributed by atoms with Crippen molar-refractivity contribution >= 4 is 40.4 Å². The second-order valence-electron chi connectivity index (χ2n) is 5.51. The van der Waals surface area contributed by atoms with Crippen LogP contribution in [0.2, 0.25) is 5.02 Å². The Balaban J connectivity index is 1.87. The highest BCUT2D eigenvalue weighted by molar-refractivity contribution is 8.02. The number of rotatable bonds is 6. The van der Waals surface area contributed by atoms with Crippen LogP contribution in [-0.2, 0) is 0 Å². The van der Waals surface area contributed by atoms with Crippen LogP contribution in [0.15, 0.2) is 100 Å². The van der Waals surface area contributed by atoms with E-state index in [2.05, 4.69) is 4.99 Å². The highest BCUT2D eigenvalue weighted by Crippen LogP contribution is 2.23. The van der Waals surface area contributed by atoms with E-state index in [4.69, 9.17) is 11.6 Å². The van der Waals surface area contributed by atoms with Gasteiger partial charge in [0.1, 0.15) is 0 Å². The van der Waals surface area contributed by atoms with Gasteiger partial charge >= 0.3 is 0 Å². The average Bonchev–Trinajstić information content (AvgIpc) is 2.69. The number of hydrogen-bond acceptors (Lipinski definition) is 4. The molecule has 3 aromatic carbocycles. The molecule has 0 aliphatic carbocycles. The van der Waals surface area contributed by atoms with Crippen LogP contribution in [0.5, 0.6) is 0 Å². The lowest BCUT2D eigenvalue weighted by Crippen LogP contribution is -1.97. The van der Waals surface area contributed by atoms with Crippen LogP contribution in [0.1, 0.15) is 5.56 Å². The summed E-state index contributed by atoms with van der Waals surface area (Å²) in [7, 11) is 0. The van der Waals surface area contributed by atoms with Gasteiger partial charge in [0.25, 0.3) is 5.69 Å². The van der Waals surface area contributed by atoms with E-state index < -0.39 is 4.92 Å². The van der Waals surface area contributed by atoms with Gasteiger partial charge in [0.2, 0.25) is 0 Å². The summed E-state index contributed by atoms with van der Waals surface area (Å²) in [5.74, 6) is 0. The van der Waals surface area contributed by atoms with Crippen LogP contribution in [0.3, 0.4) is 0 Å². The highest BCUT2D eigenvalue weighted by atomic mass is 35.5. The van der Waals surface area contributed by atoms with E-state index >= 15 is 0 Å². The summed E-state index contributed by atoms with van der Waals surface area (Å²) in [4.78, 5) is 16.2. The van der Waals surface area contributed by atoms with E-state index in [-0.39, 0.29) is 5.69 Å². The molecule has 0 saturated carbocycles. The van der Waals surface area contributed by atoms with E-state index in [1.165, 1.54) is 12.1 Å². The predicted molar refractivity (Wildman–Crippen MR) is 112 cm³/mol. The number of para-hydroxylation sites is 1. The fourth-order valence-corrected chi connectivity index (χ4v) is 3.06. The van der Waals surface area contributed by atoms with Crippen LogP contribution in [0, 0.1) is 10.1 Å². The molecule has 0 amide bonds. The quantitative estimate of drug-likeness (QED) is 0.203. The second kappa shape index (κ2) is 9.16. The van der Waals surface area contributed by atoms with Crippen LogP contribution < -0.4 is 0 Å². The van der Waals surface area contributed by atoms with Gasteiger partial charge in [0.15, 0.2) is 0 Å². The Kier molecular flexibility index (Phi) is 6.41. The number of benzene rings is 3. The second-order valence-corrected chi connectivity index (χ2v) is 6.93. The third kappa shape index (κ3) is 5.54. The zero-order valence-corrected chi connectivity index (χ0v) is 15.7. The van der Waals surface area contributed by atoms with Gasteiger partial charge < -0.3 is 0 Å². The molecule has 0 saturated heterocycles. The van der Waals surface area contributed by atoms with E-state index in [0.29, 0.717) is 5.02 Å². The number of nitrogens with zero attached hydrogens (tertiary/aromatic N) is 2. The largest absolute Gasteiger partial charge is 0.269 e. The molecule has 0 radical (unpaired) electrons. The number of allylic oxidation sites excluding steroid dienone is 1. The fourth-order valence-electron chi connectivity index (χ4n) is 2.28. The summed E-state index contributed by atoms with van der Waals surface area (Å²) in [5, 5.41) is 13.5. The van der Waals surface area contributed by atoms with Crippen LogP contribution >= 0.6 is 23.4 Å². The molecule has 134 valence electrons. The van der Waals surface area contributed by atoms with E-state index in [9.17, 15) is 10.1 Å². The van der Waals surface area contributed by atoms with Crippen molar-refractivity contribution in [2.24, 2.45) is 4.99 Å². The first-order valence-electron chi connectivity index (χ1n) is 8.09. The molecule has 0 fully saturated rings. The van der Waals surface area contributed by atoms with Crippen molar-refractivity contribution in [2.75, 3.05) is 0 Å². The van der Waals surface area contributed by atoms with E-state index in [1.54, 1.807) is 23.9 Å². The Morgan fingerprint density at radius 1 is 0.963 bits per heavy atom. The molecular formula is C21H15ClN2O2S. The summed E-state index contributed by atoms with van der Waals surface area (Å²) in [6, 6.07) is 23.5. The third-order valence-electron chi connectivity index (χ3n) is 3.62. The number of hydrogen-bond donors (Lipinski definition) is 0. The molecule has 3 aromatic rings. The number of halogens is 1. The molecule has 0 bridgehead atoms. The van der Waals surface area contributed by atoms with Crippen LogP contribution in [0.4, 0.5) is 11.4 Å². The normalized spacial score (nSPS) is 11.7. The molecule has 3 rings (SSSR count). The Hall–Kier alpha value is -2.89. The first-order valence-corrected chi connectivity index (χ1v) is 9.35. The molecule has 0 aromatic heterocycles. The Morgan fingerprint density at radius 2 is 1.63 bits per heavy atom. The Morgan fingerprint density at radius 3 is 2.26 bits per heavy atom. The Labute approximate surface area is 166 Å². The highest BCUT2D eigenvalue weighted by Gasteiger charge is 2.07. The van der Waals surface area contributed by atoms with Crippen molar-refractivity contribution in [3.05, 3.63) is 111 Å². The van der Waals surface area contributed by atoms with Crippen molar-refractivity contribution in [3.8, 4) is 0 Å². The number of aliphatic imine (C=N–C) groups is 1. The van der Waals surface area contributed by atoms with Crippen molar-refractivity contribution < 1.29 is 4.92 Å². The van der Waals surface area contributed by atoms with Crippen LogP contribution in [0.25, 0.3) is 0 Å². The van der Waals surface area contributed by atoms with Crippen molar-refractivity contribution in [1.29, 1.82) is 0 Å². The monoisotopic (exact) mass is 394 g/mol. The fraction of sp³-hybridized carbons (Fsp3) is 0. The zero-order chi connectivity index (χ0) is 19.1. The zero-order valence-electron chi connectivity index (χ0n) is 14.2. The minimum absolute atomic E-state index is 0.0531. The standard InChI is InChI=1S/C21H15ClN2O2S/c22-17-8-12-20(13-9-17)27-15-14-21(23-18-4-2-1-3-5-18)16-6-10-19(11-7-16)24(25)26/h1-15H. The average molecular weight is 395 g/mol. The van der Waals surface area contributed by atoms with Gasteiger partial charge in [-0.2, -0.15) is 0 Å². The summed E-state index contributed by atoms with van der Waals surface area (Å²) >= 11 is 7.45. The molecule has 0 spiro atoms.